The molecule has 1 aliphatic rings. The van der Waals surface area contributed by atoms with Crippen molar-refractivity contribution in [1.82, 2.24) is 0 Å². The third kappa shape index (κ3) is 5.08. The summed E-state index contributed by atoms with van der Waals surface area (Å²) in [5, 5.41) is 9.67. The molecule has 1 atom stereocenters. The van der Waals surface area contributed by atoms with Crippen molar-refractivity contribution in [2.45, 2.75) is 31.2 Å². The van der Waals surface area contributed by atoms with Crippen molar-refractivity contribution in [1.29, 1.82) is 0 Å². The molecule has 6 heteroatoms. The van der Waals surface area contributed by atoms with Crippen molar-refractivity contribution < 1.29 is 27.8 Å². The molecule has 1 saturated carbocycles. The van der Waals surface area contributed by atoms with Gasteiger partial charge in [-0.15, -0.1) is 0 Å². The second kappa shape index (κ2) is 5.79. The molecular weight excluding hydrogens is 261 g/mol. The molecule has 0 aliphatic heterocycles. The summed E-state index contributed by atoms with van der Waals surface area (Å²) < 4.78 is 45.5. The zero-order valence-corrected chi connectivity index (χ0v) is 10.2. The number of hydrogen-bond acceptors (Lipinski definition) is 3. The van der Waals surface area contributed by atoms with Crippen LogP contribution in [0, 0.1) is 0 Å². The van der Waals surface area contributed by atoms with Gasteiger partial charge in [0.15, 0.2) is 0 Å². The Morgan fingerprint density at radius 2 is 1.84 bits per heavy atom. The molecule has 1 aliphatic carbocycles. The summed E-state index contributed by atoms with van der Waals surface area (Å²) in [6, 6.07) is 6.64. The van der Waals surface area contributed by atoms with Gasteiger partial charge >= 0.3 is 6.18 Å². The summed E-state index contributed by atoms with van der Waals surface area (Å²) >= 11 is 0. The van der Waals surface area contributed by atoms with Gasteiger partial charge < -0.3 is 14.6 Å². The normalized spacial score (nSPS) is 17.3. The molecule has 0 amide bonds. The van der Waals surface area contributed by atoms with Crippen LogP contribution in [0.4, 0.5) is 13.2 Å². The zero-order chi connectivity index (χ0) is 13.9. The highest BCUT2D eigenvalue weighted by atomic mass is 19.4. The summed E-state index contributed by atoms with van der Waals surface area (Å²) in [6.45, 7) is -1.74. The standard InChI is InChI=1S/C13H15F3O3/c14-13(15,16)8-18-7-12(17)9-1-3-10(4-2-9)19-11-5-6-11/h1-4,11-12,17H,5-8H2. The average Bonchev–Trinajstić information content (AvgIpc) is 3.12. The van der Waals surface area contributed by atoms with E-state index in [9.17, 15) is 18.3 Å². The Labute approximate surface area is 108 Å². The van der Waals surface area contributed by atoms with E-state index in [1.54, 1.807) is 24.3 Å². The number of hydrogen-bond donors (Lipinski definition) is 1. The number of halogens is 3. The molecule has 2 rings (SSSR count). The zero-order valence-electron chi connectivity index (χ0n) is 10.2. The third-order valence-electron chi connectivity index (χ3n) is 2.63. The molecule has 1 unspecified atom stereocenters. The number of alkyl halides is 3. The highest BCUT2D eigenvalue weighted by Crippen LogP contribution is 2.27. The number of ether oxygens (including phenoxy) is 2. The molecule has 0 heterocycles. The van der Waals surface area contributed by atoms with Crippen molar-refractivity contribution in [2.24, 2.45) is 0 Å². The van der Waals surface area contributed by atoms with E-state index in [4.69, 9.17) is 4.74 Å². The molecule has 0 spiro atoms. The molecule has 3 nitrogen and oxygen atoms in total. The van der Waals surface area contributed by atoms with Gasteiger partial charge in [0.2, 0.25) is 0 Å². The quantitative estimate of drug-likeness (QED) is 0.868. The highest BCUT2D eigenvalue weighted by molar-refractivity contribution is 5.29. The Balaban J connectivity index is 1.79. The van der Waals surface area contributed by atoms with E-state index < -0.39 is 18.9 Å². The lowest BCUT2D eigenvalue weighted by Gasteiger charge is -2.13. The van der Waals surface area contributed by atoms with Crippen molar-refractivity contribution in [3.8, 4) is 5.75 Å². The Hall–Kier alpha value is -1.27. The SMILES string of the molecule is OC(COCC(F)(F)F)c1ccc(OC2CC2)cc1. The second-order valence-electron chi connectivity index (χ2n) is 4.53. The molecule has 1 aromatic carbocycles. The highest BCUT2D eigenvalue weighted by Gasteiger charge is 2.28. The molecular formula is C13H15F3O3. The van der Waals surface area contributed by atoms with Crippen LogP contribution < -0.4 is 4.74 Å². The molecule has 1 fully saturated rings. The van der Waals surface area contributed by atoms with Crippen LogP contribution in [-0.2, 0) is 4.74 Å². The summed E-state index contributed by atoms with van der Waals surface area (Å²) in [7, 11) is 0. The second-order valence-corrected chi connectivity index (χ2v) is 4.53. The van der Waals surface area contributed by atoms with Crippen LogP contribution in [0.25, 0.3) is 0 Å². The van der Waals surface area contributed by atoms with Crippen molar-refractivity contribution in [3.05, 3.63) is 29.8 Å². The molecule has 0 aromatic heterocycles. The predicted octanol–water partition coefficient (Wildman–Crippen LogP) is 2.84. The summed E-state index contributed by atoms with van der Waals surface area (Å²) in [4.78, 5) is 0. The smallest absolute Gasteiger partial charge is 0.411 e. The van der Waals surface area contributed by atoms with Gasteiger partial charge in [-0.2, -0.15) is 13.2 Å². The van der Waals surface area contributed by atoms with Gasteiger partial charge in [-0.1, -0.05) is 12.1 Å². The van der Waals surface area contributed by atoms with Crippen LogP contribution in [0.1, 0.15) is 24.5 Å². The number of aliphatic hydroxyl groups is 1. The van der Waals surface area contributed by atoms with Crippen molar-refractivity contribution in [3.63, 3.8) is 0 Å². The van der Waals surface area contributed by atoms with Gasteiger partial charge in [-0.05, 0) is 30.5 Å². The lowest BCUT2D eigenvalue weighted by molar-refractivity contribution is -0.179. The van der Waals surface area contributed by atoms with E-state index in [2.05, 4.69) is 4.74 Å². The molecule has 0 bridgehead atoms. The first-order valence-corrected chi connectivity index (χ1v) is 6.03. The Bertz CT molecular complexity index is 399. The van der Waals surface area contributed by atoms with E-state index in [0.717, 1.165) is 12.8 Å². The summed E-state index contributed by atoms with van der Waals surface area (Å²) in [5.41, 5.74) is 0.505. The molecule has 0 radical (unpaired) electrons. The minimum atomic E-state index is -4.37. The van der Waals surface area contributed by atoms with Crippen molar-refractivity contribution in [2.75, 3.05) is 13.2 Å². The Morgan fingerprint density at radius 1 is 1.21 bits per heavy atom. The maximum Gasteiger partial charge on any atom is 0.411 e. The molecule has 1 aromatic rings. The van der Waals surface area contributed by atoms with E-state index in [0.29, 0.717) is 11.3 Å². The van der Waals surface area contributed by atoms with Gasteiger partial charge in [0.1, 0.15) is 18.5 Å². The van der Waals surface area contributed by atoms with Gasteiger partial charge in [0, 0.05) is 0 Å². The summed E-state index contributed by atoms with van der Waals surface area (Å²) in [6.07, 6.45) is -3.06. The number of benzene rings is 1. The van der Waals surface area contributed by atoms with Gasteiger partial charge in [-0.3, -0.25) is 0 Å². The van der Waals surface area contributed by atoms with Crippen LogP contribution in [0.15, 0.2) is 24.3 Å². The number of rotatable bonds is 6. The fourth-order valence-electron chi connectivity index (χ4n) is 1.53. The fraction of sp³-hybridized carbons (Fsp3) is 0.538. The maximum atomic E-state index is 11.9. The maximum absolute atomic E-state index is 11.9. The lowest BCUT2D eigenvalue weighted by atomic mass is 10.1. The Kier molecular flexibility index (Phi) is 4.31. The van der Waals surface area contributed by atoms with Crippen LogP contribution in [0.2, 0.25) is 0 Å². The van der Waals surface area contributed by atoms with E-state index >= 15 is 0 Å². The molecule has 19 heavy (non-hydrogen) atoms. The minimum absolute atomic E-state index is 0.283. The molecule has 0 saturated heterocycles. The topological polar surface area (TPSA) is 38.7 Å². The average molecular weight is 276 g/mol. The third-order valence-corrected chi connectivity index (χ3v) is 2.63. The first-order valence-electron chi connectivity index (χ1n) is 6.03. The largest absolute Gasteiger partial charge is 0.490 e. The number of aliphatic hydroxyl groups excluding tert-OH is 1. The monoisotopic (exact) mass is 276 g/mol. The van der Waals surface area contributed by atoms with Crippen LogP contribution >= 0.6 is 0 Å². The van der Waals surface area contributed by atoms with Crippen molar-refractivity contribution >= 4 is 0 Å². The lowest BCUT2D eigenvalue weighted by Crippen LogP contribution is -2.19. The van der Waals surface area contributed by atoms with Crippen LogP contribution in [-0.4, -0.2) is 30.6 Å². The van der Waals surface area contributed by atoms with Gasteiger partial charge in [-0.25, -0.2) is 0 Å². The Morgan fingerprint density at radius 3 is 2.37 bits per heavy atom. The van der Waals surface area contributed by atoms with Gasteiger partial charge in [0.05, 0.1) is 12.7 Å². The fourth-order valence-corrected chi connectivity index (χ4v) is 1.53. The van der Waals surface area contributed by atoms with Crippen LogP contribution in [0.5, 0.6) is 5.75 Å². The first-order chi connectivity index (χ1) is 8.94. The molecule has 106 valence electrons. The first kappa shape index (κ1) is 14.1. The van der Waals surface area contributed by atoms with E-state index in [1.165, 1.54) is 0 Å². The predicted molar refractivity (Wildman–Crippen MR) is 61.9 cm³/mol. The van der Waals surface area contributed by atoms with E-state index in [-0.39, 0.29) is 12.7 Å². The summed E-state index contributed by atoms with van der Waals surface area (Å²) in [5.74, 6) is 0.703. The molecule has 1 N–H and O–H groups in total. The van der Waals surface area contributed by atoms with Crippen LogP contribution in [0.3, 0.4) is 0 Å². The minimum Gasteiger partial charge on any atom is -0.490 e. The van der Waals surface area contributed by atoms with Gasteiger partial charge in [0.25, 0.3) is 0 Å². The van der Waals surface area contributed by atoms with E-state index in [1.807, 2.05) is 0 Å².